The number of carbonyl (C=O) groups is 1. The van der Waals surface area contributed by atoms with Crippen LogP contribution in [0.5, 0.6) is 17.2 Å². The van der Waals surface area contributed by atoms with Crippen LogP contribution in [0.3, 0.4) is 0 Å². The second-order valence-electron chi connectivity index (χ2n) is 5.60. The average molecular weight is 371 g/mol. The van der Waals surface area contributed by atoms with Crippen molar-refractivity contribution >= 4 is 17.7 Å². The van der Waals surface area contributed by atoms with Crippen LogP contribution in [0.25, 0.3) is 6.08 Å². The lowest BCUT2D eigenvalue weighted by molar-refractivity contribution is -0.385. The lowest BCUT2D eigenvalue weighted by Gasteiger charge is -2.18. The van der Waals surface area contributed by atoms with Crippen LogP contribution >= 0.6 is 0 Å². The normalized spacial score (nSPS) is 12.6. The minimum Gasteiger partial charge on any atom is -0.496 e. The van der Waals surface area contributed by atoms with Crippen molar-refractivity contribution in [3.05, 3.63) is 63.7 Å². The fourth-order valence-electron chi connectivity index (χ4n) is 2.52. The van der Waals surface area contributed by atoms with Crippen LogP contribution in [0.15, 0.2) is 42.5 Å². The van der Waals surface area contributed by atoms with E-state index in [4.69, 9.17) is 18.9 Å². The number of benzene rings is 2. The number of esters is 1. The molecule has 0 saturated carbocycles. The highest BCUT2D eigenvalue weighted by molar-refractivity contribution is 5.87. The minimum atomic E-state index is -0.585. The summed E-state index contributed by atoms with van der Waals surface area (Å²) in [6.45, 7) is 0.845. The first-order valence-corrected chi connectivity index (χ1v) is 8.12. The van der Waals surface area contributed by atoms with Gasteiger partial charge in [0.05, 0.1) is 12.0 Å². The molecule has 0 aromatic heterocycles. The smallest absolute Gasteiger partial charge is 0.331 e. The molecule has 0 fully saturated rings. The second-order valence-corrected chi connectivity index (χ2v) is 5.60. The van der Waals surface area contributed by atoms with Gasteiger partial charge in [-0.2, -0.15) is 0 Å². The fraction of sp³-hybridized carbons (Fsp3) is 0.211. The van der Waals surface area contributed by atoms with E-state index in [-0.39, 0.29) is 12.3 Å². The van der Waals surface area contributed by atoms with Gasteiger partial charge in [-0.1, -0.05) is 6.07 Å². The topological polar surface area (TPSA) is 97.1 Å². The molecule has 27 heavy (non-hydrogen) atoms. The highest BCUT2D eigenvalue weighted by Gasteiger charge is 2.13. The van der Waals surface area contributed by atoms with E-state index in [1.807, 2.05) is 0 Å². The van der Waals surface area contributed by atoms with E-state index in [2.05, 4.69) is 0 Å². The molecule has 0 spiro atoms. The molecule has 0 bridgehead atoms. The molecule has 0 N–H and O–H groups in total. The molecule has 1 heterocycles. The number of carbonyl (C=O) groups excluding carboxylic acids is 1. The Bertz CT molecular complexity index is 892. The molecule has 0 atom stereocenters. The monoisotopic (exact) mass is 371 g/mol. The number of hydrogen-bond acceptors (Lipinski definition) is 7. The van der Waals surface area contributed by atoms with Crippen molar-refractivity contribution in [1.29, 1.82) is 0 Å². The molecule has 140 valence electrons. The number of nitro groups is 1. The van der Waals surface area contributed by atoms with Crippen molar-refractivity contribution < 1.29 is 28.7 Å². The molecule has 1 aliphatic rings. The zero-order valence-electron chi connectivity index (χ0n) is 14.5. The van der Waals surface area contributed by atoms with Gasteiger partial charge < -0.3 is 18.9 Å². The first-order chi connectivity index (χ1) is 13.1. The summed E-state index contributed by atoms with van der Waals surface area (Å²) in [5.74, 6) is 1.11. The standard InChI is InChI=1S/C19H17NO7/c1-24-16-6-4-15(20(22)23)11-14(16)12-27-19(21)7-3-13-2-5-17-18(10-13)26-9-8-25-17/h2-7,10-11H,8-9,12H2,1H3/b7-3+. The first kappa shape index (κ1) is 18.2. The molecule has 0 radical (unpaired) electrons. The summed E-state index contributed by atoms with van der Waals surface area (Å²) in [7, 11) is 1.44. The van der Waals surface area contributed by atoms with Gasteiger partial charge in [0.15, 0.2) is 11.5 Å². The maximum atomic E-state index is 12.0. The number of hydrogen-bond donors (Lipinski definition) is 0. The Morgan fingerprint density at radius 3 is 2.70 bits per heavy atom. The van der Waals surface area contributed by atoms with Crippen LogP contribution in [0.4, 0.5) is 5.69 Å². The van der Waals surface area contributed by atoms with Gasteiger partial charge in [-0.15, -0.1) is 0 Å². The van der Waals surface area contributed by atoms with Gasteiger partial charge in [0.25, 0.3) is 5.69 Å². The number of methoxy groups -OCH3 is 1. The largest absolute Gasteiger partial charge is 0.496 e. The Morgan fingerprint density at radius 2 is 1.96 bits per heavy atom. The van der Waals surface area contributed by atoms with E-state index >= 15 is 0 Å². The van der Waals surface area contributed by atoms with Gasteiger partial charge in [-0.05, 0) is 29.8 Å². The first-order valence-electron chi connectivity index (χ1n) is 8.12. The maximum Gasteiger partial charge on any atom is 0.331 e. The summed E-state index contributed by atoms with van der Waals surface area (Å²) in [5.41, 5.74) is 1.06. The lowest BCUT2D eigenvalue weighted by Crippen LogP contribution is -2.15. The van der Waals surface area contributed by atoms with Crippen LogP contribution in [-0.2, 0) is 16.1 Å². The van der Waals surface area contributed by atoms with E-state index in [1.165, 1.54) is 31.4 Å². The van der Waals surface area contributed by atoms with Crippen LogP contribution < -0.4 is 14.2 Å². The number of nitro benzene ring substituents is 1. The summed E-state index contributed by atoms with van der Waals surface area (Å²) in [4.78, 5) is 22.3. The van der Waals surface area contributed by atoms with Crippen LogP contribution in [-0.4, -0.2) is 31.2 Å². The zero-order chi connectivity index (χ0) is 19.2. The molecule has 2 aromatic rings. The Kier molecular flexibility index (Phi) is 5.55. The van der Waals surface area contributed by atoms with Gasteiger partial charge in [-0.25, -0.2) is 4.79 Å². The van der Waals surface area contributed by atoms with Gasteiger partial charge in [-0.3, -0.25) is 10.1 Å². The Balaban J connectivity index is 1.63. The summed E-state index contributed by atoms with van der Waals surface area (Å²) >= 11 is 0. The maximum absolute atomic E-state index is 12.0. The third kappa shape index (κ3) is 4.55. The van der Waals surface area contributed by atoms with Crippen LogP contribution in [0, 0.1) is 10.1 Å². The fourth-order valence-corrected chi connectivity index (χ4v) is 2.52. The van der Waals surface area contributed by atoms with Crippen molar-refractivity contribution in [3.63, 3.8) is 0 Å². The summed E-state index contributed by atoms with van der Waals surface area (Å²) < 4.78 is 21.2. The molecule has 3 rings (SSSR count). The number of nitrogens with zero attached hydrogens (tertiary/aromatic N) is 1. The third-order valence-corrected chi connectivity index (χ3v) is 3.82. The third-order valence-electron chi connectivity index (χ3n) is 3.82. The molecule has 1 aliphatic heterocycles. The van der Waals surface area contributed by atoms with Crippen LogP contribution in [0.2, 0.25) is 0 Å². The molecule has 0 aliphatic carbocycles. The molecule has 0 unspecified atom stereocenters. The second kappa shape index (κ2) is 8.22. The number of ether oxygens (including phenoxy) is 4. The summed E-state index contributed by atoms with van der Waals surface area (Å²) in [6.07, 6.45) is 2.86. The summed E-state index contributed by atoms with van der Waals surface area (Å²) in [6, 6.07) is 9.44. The molecule has 8 heteroatoms. The molecular formula is C19H17NO7. The van der Waals surface area contributed by atoms with E-state index in [1.54, 1.807) is 24.3 Å². The van der Waals surface area contributed by atoms with Crippen molar-refractivity contribution in [2.24, 2.45) is 0 Å². The van der Waals surface area contributed by atoms with E-state index in [0.29, 0.717) is 36.0 Å². The highest BCUT2D eigenvalue weighted by atomic mass is 16.6. The predicted molar refractivity (Wildman–Crippen MR) is 95.9 cm³/mol. The van der Waals surface area contributed by atoms with Crippen molar-refractivity contribution in [1.82, 2.24) is 0 Å². The van der Waals surface area contributed by atoms with Crippen LogP contribution in [0.1, 0.15) is 11.1 Å². The Morgan fingerprint density at radius 1 is 1.19 bits per heavy atom. The zero-order valence-corrected chi connectivity index (χ0v) is 14.5. The average Bonchev–Trinajstić information content (AvgIpc) is 2.70. The Hall–Kier alpha value is -3.55. The van der Waals surface area contributed by atoms with Gasteiger partial charge in [0.1, 0.15) is 25.6 Å². The molecule has 8 nitrogen and oxygen atoms in total. The van der Waals surface area contributed by atoms with E-state index in [0.717, 1.165) is 5.56 Å². The number of rotatable bonds is 6. The van der Waals surface area contributed by atoms with Crippen molar-refractivity contribution in [2.45, 2.75) is 6.61 Å². The van der Waals surface area contributed by atoms with Gasteiger partial charge in [0.2, 0.25) is 0 Å². The van der Waals surface area contributed by atoms with Gasteiger partial charge >= 0.3 is 5.97 Å². The van der Waals surface area contributed by atoms with Crippen molar-refractivity contribution in [2.75, 3.05) is 20.3 Å². The molecular weight excluding hydrogens is 354 g/mol. The molecule has 0 saturated heterocycles. The van der Waals surface area contributed by atoms with E-state index < -0.39 is 10.9 Å². The number of non-ortho nitro benzene ring substituents is 1. The minimum absolute atomic E-state index is 0.103. The number of fused-ring (bicyclic) bond motifs is 1. The quantitative estimate of drug-likeness (QED) is 0.333. The predicted octanol–water partition coefficient (Wildman–Crippen LogP) is 3.13. The molecule has 2 aromatic carbocycles. The lowest BCUT2D eigenvalue weighted by atomic mass is 10.2. The van der Waals surface area contributed by atoms with Gasteiger partial charge in [0, 0.05) is 23.8 Å². The summed E-state index contributed by atoms with van der Waals surface area (Å²) in [5, 5.41) is 10.9. The van der Waals surface area contributed by atoms with Crippen molar-refractivity contribution in [3.8, 4) is 17.2 Å². The molecule has 0 amide bonds. The van der Waals surface area contributed by atoms with E-state index in [9.17, 15) is 14.9 Å². The SMILES string of the molecule is COc1ccc([N+](=O)[O-])cc1COC(=O)/C=C/c1ccc2c(c1)OCCO2. The Labute approximate surface area is 155 Å². The highest BCUT2D eigenvalue weighted by Crippen LogP contribution is 2.31.